The lowest BCUT2D eigenvalue weighted by Gasteiger charge is -2.00. The molecule has 0 N–H and O–H groups in total. The molecule has 1 heterocycles. The normalized spacial score (nSPS) is 10.3. The Morgan fingerprint density at radius 2 is 2.33 bits per heavy atom. The fraction of sp³-hybridized carbons (Fsp3) is 0.273. The average Bonchev–Trinajstić information content (AvgIpc) is 2.28. The molecule has 0 amide bonds. The maximum Gasteiger partial charge on any atom is 0.330 e. The number of nitrogens with zero attached hydrogens (tertiary/aromatic N) is 1. The molecule has 0 aliphatic carbocycles. The molecule has 0 spiro atoms. The van der Waals surface area contributed by atoms with Crippen molar-refractivity contribution in [2.45, 2.75) is 6.92 Å². The molecule has 0 atom stereocenters. The third kappa shape index (κ3) is 3.81. The molecular weight excluding hydrogens is 194 g/mol. The molecule has 0 fully saturated rings. The Balaban J connectivity index is 2.64. The summed E-state index contributed by atoms with van der Waals surface area (Å²) in [5.74, 6) is 0.191. The van der Waals surface area contributed by atoms with Crippen molar-refractivity contribution < 1.29 is 14.3 Å². The Hall–Kier alpha value is -1.84. The van der Waals surface area contributed by atoms with Gasteiger partial charge in [-0.05, 0) is 24.6 Å². The minimum atomic E-state index is -0.385. The molecule has 0 aliphatic heterocycles. The zero-order valence-corrected chi connectivity index (χ0v) is 8.77. The van der Waals surface area contributed by atoms with Gasteiger partial charge < -0.3 is 9.47 Å². The van der Waals surface area contributed by atoms with Crippen molar-refractivity contribution in [3.8, 4) is 5.88 Å². The van der Waals surface area contributed by atoms with Gasteiger partial charge in [0.2, 0.25) is 5.88 Å². The highest BCUT2D eigenvalue weighted by Crippen LogP contribution is 2.08. The van der Waals surface area contributed by atoms with Crippen LogP contribution in [0.2, 0.25) is 0 Å². The van der Waals surface area contributed by atoms with Crippen molar-refractivity contribution in [2.24, 2.45) is 0 Å². The summed E-state index contributed by atoms with van der Waals surface area (Å²) in [5, 5.41) is 0. The molecule has 0 bridgehead atoms. The minimum Gasteiger partial charge on any atom is -0.478 e. The SMILES string of the molecule is CCOc1ccc(C=CC(=O)OC)cn1. The van der Waals surface area contributed by atoms with E-state index in [1.165, 1.54) is 13.2 Å². The summed E-state index contributed by atoms with van der Waals surface area (Å²) in [6, 6.07) is 3.57. The number of hydrogen-bond acceptors (Lipinski definition) is 4. The number of esters is 1. The minimum absolute atomic E-state index is 0.385. The van der Waals surface area contributed by atoms with Gasteiger partial charge >= 0.3 is 5.97 Å². The number of pyridine rings is 1. The second-order valence-electron chi connectivity index (χ2n) is 2.72. The van der Waals surface area contributed by atoms with Gasteiger partial charge in [0.1, 0.15) is 0 Å². The van der Waals surface area contributed by atoms with Gasteiger partial charge in [-0.15, -0.1) is 0 Å². The van der Waals surface area contributed by atoms with E-state index < -0.39 is 0 Å². The van der Waals surface area contributed by atoms with Crippen LogP contribution in [0.4, 0.5) is 0 Å². The number of carbonyl (C=O) groups is 1. The van der Waals surface area contributed by atoms with Crippen LogP contribution in [0.3, 0.4) is 0 Å². The van der Waals surface area contributed by atoms with E-state index in [0.717, 1.165) is 5.56 Å². The predicted octanol–water partition coefficient (Wildman–Crippen LogP) is 1.67. The molecule has 0 aromatic carbocycles. The quantitative estimate of drug-likeness (QED) is 0.556. The second kappa shape index (κ2) is 5.80. The Bertz CT molecular complexity index is 343. The van der Waals surface area contributed by atoms with Crippen LogP contribution >= 0.6 is 0 Å². The van der Waals surface area contributed by atoms with Crippen molar-refractivity contribution in [1.29, 1.82) is 0 Å². The highest BCUT2D eigenvalue weighted by molar-refractivity contribution is 5.86. The summed E-state index contributed by atoms with van der Waals surface area (Å²) < 4.78 is 9.64. The van der Waals surface area contributed by atoms with Crippen LogP contribution < -0.4 is 4.74 Å². The van der Waals surface area contributed by atoms with Crippen LogP contribution in [0.1, 0.15) is 12.5 Å². The molecule has 0 radical (unpaired) electrons. The molecule has 80 valence electrons. The van der Waals surface area contributed by atoms with Crippen molar-refractivity contribution in [3.63, 3.8) is 0 Å². The van der Waals surface area contributed by atoms with Crippen molar-refractivity contribution >= 4 is 12.0 Å². The van der Waals surface area contributed by atoms with Gasteiger partial charge in [0, 0.05) is 18.3 Å². The first-order valence-corrected chi connectivity index (χ1v) is 4.61. The Morgan fingerprint density at radius 1 is 1.53 bits per heavy atom. The van der Waals surface area contributed by atoms with Gasteiger partial charge in [0.25, 0.3) is 0 Å². The zero-order valence-electron chi connectivity index (χ0n) is 8.77. The maximum absolute atomic E-state index is 10.8. The number of hydrogen-bond donors (Lipinski definition) is 0. The van der Waals surface area contributed by atoms with Crippen LogP contribution in [0, 0.1) is 0 Å². The maximum atomic E-state index is 10.8. The fourth-order valence-electron chi connectivity index (χ4n) is 0.956. The van der Waals surface area contributed by atoms with Gasteiger partial charge in [-0.2, -0.15) is 0 Å². The molecule has 4 nitrogen and oxygen atoms in total. The van der Waals surface area contributed by atoms with Crippen molar-refractivity contribution in [3.05, 3.63) is 30.0 Å². The van der Waals surface area contributed by atoms with Gasteiger partial charge in [0.15, 0.2) is 0 Å². The summed E-state index contributed by atoms with van der Waals surface area (Å²) in [6.07, 6.45) is 4.61. The molecule has 0 aliphatic rings. The summed E-state index contributed by atoms with van der Waals surface area (Å²) in [6.45, 7) is 2.48. The van der Waals surface area contributed by atoms with Crippen LogP contribution in [0.15, 0.2) is 24.4 Å². The molecule has 4 heteroatoms. The van der Waals surface area contributed by atoms with Crippen LogP contribution in [-0.2, 0) is 9.53 Å². The number of ether oxygens (including phenoxy) is 2. The second-order valence-corrected chi connectivity index (χ2v) is 2.72. The van der Waals surface area contributed by atoms with Gasteiger partial charge in [-0.3, -0.25) is 0 Å². The van der Waals surface area contributed by atoms with Crippen molar-refractivity contribution in [2.75, 3.05) is 13.7 Å². The first-order valence-electron chi connectivity index (χ1n) is 4.61. The highest BCUT2D eigenvalue weighted by Gasteiger charge is 1.94. The lowest BCUT2D eigenvalue weighted by atomic mass is 10.2. The van der Waals surface area contributed by atoms with Gasteiger partial charge in [-0.1, -0.05) is 0 Å². The number of carbonyl (C=O) groups excluding carboxylic acids is 1. The number of aromatic nitrogens is 1. The monoisotopic (exact) mass is 207 g/mol. The topological polar surface area (TPSA) is 48.4 Å². The van der Waals surface area contributed by atoms with Gasteiger partial charge in [0.05, 0.1) is 13.7 Å². The Labute approximate surface area is 88.5 Å². The summed E-state index contributed by atoms with van der Waals surface area (Å²) in [4.78, 5) is 14.8. The lowest BCUT2D eigenvalue weighted by molar-refractivity contribution is -0.134. The van der Waals surface area contributed by atoms with E-state index in [1.54, 1.807) is 18.3 Å². The van der Waals surface area contributed by atoms with E-state index in [2.05, 4.69) is 9.72 Å². The highest BCUT2D eigenvalue weighted by atomic mass is 16.5. The summed E-state index contributed by atoms with van der Waals surface area (Å²) in [5.41, 5.74) is 0.823. The fourth-order valence-corrected chi connectivity index (χ4v) is 0.956. The van der Waals surface area contributed by atoms with Gasteiger partial charge in [-0.25, -0.2) is 9.78 Å². The Morgan fingerprint density at radius 3 is 2.87 bits per heavy atom. The summed E-state index contributed by atoms with van der Waals surface area (Å²) in [7, 11) is 1.34. The molecule has 1 aromatic heterocycles. The van der Waals surface area contributed by atoms with E-state index in [4.69, 9.17) is 4.74 Å². The average molecular weight is 207 g/mol. The molecule has 0 saturated heterocycles. The molecule has 0 unspecified atom stereocenters. The van der Waals surface area contributed by atoms with E-state index in [-0.39, 0.29) is 5.97 Å². The van der Waals surface area contributed by atoms with E-state index in [9.17, 15) is 4.79 Å². The number of rotatable bonds is 4. The van der Waals surface area contributed by atoms with E-state index >= 15 is 0 Å². The molecule has 1 rings (SSSR count). The van der Waals surface area contributed by atoms with Crippen LogP contribution in [-0.4, -0.2) is 24.7 Å². The predicted molar refractivity (Wildman–Crippen MR) is 56.5 cm³/mol. The summed E-state index contributed by atoms with van der Waals surface area (Å²) >= 11 is 0. The first kappa shape index (κ1) is 11.2. The zero-order chi connectivity index (χ0) is 11.1. The van der Waals surface area contributed by atoms with Crippen LogP contribution in [0.25, 0.3) is 6.08 Å². The molecule has 1 aromatic rings. The van der Waals surface area contributed by atoms with Crippen molar-refractivity contribution in [1.82, 2.24) is 4.98 Å². The Kier molecular flexibility index (Phi) is 4.34. The third-order valence-corrected chi connectivity index (χ3v) is 1.66. The molecule has 15 heavy (non-hydrogen) atoms. The number of methoxy groups -OCH3 is 1. The first-order chi connectivity index (χ1) is 7.26. The largest absolute Gasteiger partial charge is 0.478 e. The third-order valence-electron chi connectivity index (χ3n) is 1.66. The molecule has 0 saturated carbocycles. The van der Waals surface area contributed by atoms with Crippen LogP contribution in [0.5, 0.6) is 5.88 Å². The lowest BCUT2D eigenvalue weighted by Crippen LogP contribution is -1.94. The smallest absolute Gasteiger partial charge is 0.330 e. The standard InChI is InChI=1S/C11H13NO3/c1-3-15-10-6-4-9(8-12-10)5-7-11(13)14-2/h4-8H,3H2,1-2H3. The van der Waals surface area contributed by atoms with E-state index in [0.29, 0.717) is 12.5 Å². The van der Waals surface area contributed by atoms with E-state index in [1.807, 2.05) is 13.0 Å². The molecular formula is C11H13NO3.